The Labute approximate surface area is 290 Å². The molecule has 4 nitrogen and oxygen atoms in total. The third-order valence-electron chi connectivity index (χ3n) is 7.94. The summed E-state index contributed by atoms with van der Waals surface area (Å²) >= 11 is 8.23. The van der Waals surface area contributed by atoms with Gasteiger partial charge >= 0.3 is 0 Å². The number of hydrogen-bond donors (Lipinski definition) is 1. The number of fused-ring (bicyclic) bond motifs is 2. The van der Waals surface area contributed by atoms with Gasteiger partial charge in [-0.25, -0.2) is 0 Å². The van der Waals surface area contributed by atoms with Crippen LogP contribution in [-0.4, -0.2) is 20.0 Å². The summed E-state index contributed by atoms with van der Waals surface area (Å²) in [6, 6.07) is 38.4. The maximum absolute atomic E-state index is 15.2. The van der Waals surface area contributed by atoms with E-state index in [1.165, 1.54) is 0 Å². The van der Waals surface area contributed by atoms with Crippen LogP contribution in [-0.2, 0) is 13.1 Å². The Balaban J connectivity index is 1.53. The Morgan fingerprint density at radius 3 is 2.00 bits per heavy atom. The molecule has 0 amide bonds. The van der Waals surface area contributed by atoms with Gasteiger partial charge in [0.1, 0.15) is 5.75 Å². The lowest BCUT2D eigenvalue weighted by atomic mass is 9.96. The van der Waals surface area contributed by atoms with Crippen molar-refractivity contribution in [1.82, 2.24) is 9.13 Å². The first kappa shape index (κ1) is 29.3. The zero-order valence-corrected chi connectivity index (χ0v) is 29.2. The van der Waals surface area contributed by atoms with E-state index in [2.05, 4.69) is 131 Å². The molecular formula is C37H25BrI2N2O2. The number of aromatic hydroxyl groups is 1. The molecule has 216 valence electrons. The molecule has 0 fully saturated rings. The van der Waals surface area contributed by atoms with Gasteiger partial charge in [-0.2, -0.15) is 0 Å². The van der Waals surface area contributed by atoms with E-state index in [-0.39, 0.29) is 11.5 Å². The molecule has 0 radical (unpaired) electrons. The van der Waals surface area contributed by atoms with E-state index >= 15 is 4.79 Å². The lowest BCUT2D eigenvalue weighted by molar-refractivity contribution is 0.103. The predicted molar refractivity (Wildman–Crippen MR) is 199 cm³/mol. The minimum atomic E-state index is -0.0830. The van der Waals surface area contributed by atoms with E-state index in [0.717, 1.165) is 50.1 Å². The molecule has 0 saturated heterocycles. The number of carbonyl (C=O) groups excluding carboxylic acids is 1. The number of rotatable bonds is 7. The highest BCUT2D eigenvalue weighted by molar-refractivity contribution is 14.1. The molecule has 2 heterocycles. The van der Waals surface area contributed by atoms with Crippen LogP contribution in [0.1, 0.15) is 27.2 Å². The SMILES string of the molecule is O=C(c1cn(Cc2ccccc2)c2ccc(I)cc12)c1c(-c2cc(Br)ccc2O)c2cc(I)ccc2n1Cc1ccccc1. The fourth-order valence-corrected chi connectivity index (χ4v) is 7.31. The quantitative estimate of drug-likeness (QED) is 0.128. The molecule has 0 aliphatic carbocycles. The first-order chi connectivity index (χ1) is 21.4. The Kier molecular flexibility index (Phi) is 8.11. The fourth-order valence-electron chi connectivity index (χ4n) is 5.96. The average molecular weight is 863 g/mol. The molecule has 0 spiro atoms. The smallest absolute Gasteiger partial charge is 0.212 e. The zero-order valence-electron chi connectivity index (χ0n) is 23.3. The number of aromatic nitrogens is 2. The Morgan fingerprint density at radius 1 is 0.705 bits per heavy atom. The summed E-state index contributed by atoms with van der Waals surface area (Å²) in [5, 5.41) is 13.1. The van der Waals surface area contributed by atoms with Crippen molar-refractivity contribution in [3.63, 3.8) is 0 Å². The van der Waals surface area contributed by atoms with Gasteiger partial charge in [-0.3, -0.25) is 4.79 Å². The Bertz CT molecular complexity index is 2190. The highest BCUT2D eigenvalue weighted by Gasteiger charge is 2.29. The molecule has 1 N–H and O–H groups in total. The van der Waals surface area contributed by atoms with Gasteiger partial charge in [0.15, 0.2) is 0 Å². The zero-order chi connectivity index (χ0) is 30.4. The molecular weight excluding hydrogens is 838 g/mol. The van der Waals surface area contributed by atoms with E-state index in [1.54, 1.807) is 6.07 Å². The molecule has 5 aromatic carbocycles. The van der Waals surface area contributed by atoms with E-state index in [4.69, 9.17) is 0 Å². The van der Waals surface area contributed by atoms with Gasteiger partial charge in [0.2, 0.25) is 5.78 Å². The number of benzene rings is 5. The molecule has 0 saturated carbocycles. The topological polar surface area (TPSA) is 47.2 Å². The summed E-state index contributed by atoms with van der Waals surface area (Å²) < 4.78 is 7.22. The first-order valence-corrected chi connectivity index (χ1v) is 17.0. The Morgan fingerprint density at radius 2 is 1.32 bits per heavy atom. The average Bonchev–Trinajstić information content (AvgIpc) is 3.53. The molecule has 0 atom stereocenters. The van der Waals surface area contributed by atoms with Crippen molar-refractivity contribution in [2.75, 3.05) is 0 Å². The first-order valence-electron chi connectivity index (χ1n) is 14.1. The molecule has 0 bridgehead atoms. The molecule has 7 rings (SSSR count). The van der Waals surface area contributed by atoms with Crippen LogP contribution in [0.25, 0.3) is 32.9 Å². The molecule has 0 aliphatic rings. The van der Waals surface area contributed by atoms with Crippen molar-refractivity contribution in [3.8, 4) is 16.9 Å². The number of carbonyl (C=O) groups is 1. The maximum atomic E-state index is 15.2. The molecule has 2 aromatic heterocycles. The molecule has 44 heavy (non-hydrogen) atoms. The number of hydrogen-bond acceptors (Lipinski definition) is 2. The minimum absolute atomic E-state index is 0.0830. The third-order valence-corrected chi connectivity index (χ3v) is 9.77. The Hall–Kier alpha value is -3.41. The fraction of sp³-hybridized carbons (Fsp3) is 0.0541. The largest absolute Gasteiger partial charge is 0.507 e. The van der Waals surface area contributed by atoms with Crippen LogP contribution in [0.4, 0.5) is 0 Å². The van der Waals surface area contributed by atoms with E-state index in [9.17, 15) is 5.11 Å². The number of phenols is 1. The van der Waals surface area contributed by atoms with Gasteiger partial charge in [0.05, 0.1) is 5.69 Å². The van der Waals surface area contributed by atoms with Gasteiger partial charge in [-0.05, 0) is 111 Å². The second-order valence-electron chi connectivity index (χ2n) is 10.8. The lowest BCUT2D eigenvalue weighted by Gasteiger charge is -2.13. The van der Waals surface area contributed by atoms with E-state index in [0.29, 0.717) is 29.9 Å². The van der Waals surface area contributed by atoms with Crippen LogP contribution in [0.2, 0.25) is 0 Å². The van der Waals surface area contributed by atoms with Crippen molar-refractivity contribution >= 4 is 88.7 Å². The van der Waals surface area contributed by atoms with Gasteiger partial charge in [0.25, 0.3) is 0 Å². The van der Waals surface area contributed by atoms with Gasteiger partial charge in [-0.15, -0.1) is 0 Å². The number of ketones is 1. The van der Waals surface area contributed by atoms with Crippen molar-refractivity contribution in [1.29, 1.82) is 0 Å². The molecule has 7 heteroatoms. The van der Waals surface area contributed by atoms with Crippen LogP contribution < -0.4 is 0 Å². The van der Waals surface area contributed by atoms with Crippen molar-refractivity contribution < 1.29 is 9.90 Å². The summed E-state index contributed by atoms with van der Waals surface area (Å²) in [5.74, 6) is 0.0428. The van der Waals surface area contributed by atoms with E-state index in [1.807, 2.05) is 54.7 Å². The third kappa shape index (κ3) is 5.50. The van der Waals surface area contributed by atoms with Crippen LogP contribution in [0.15, 0.2) is 126 Å². The monoisotopic (exact) mass is 862 g/mol. The van der Waals surface area contributed by atoms with Crippen molar-refractivity contribution in [2.45, 2.75) is 13.1 Å². The van der Waals surface area contributed by atoms with Gasteiger partial charge in [-0.1, -0.05) is 76.6 Å². The van der Waals surface area contributed by atoms with Crippen LogP contribution in [0.3, 0.4) is 0 Å². The molecule has 0 unspecified atom stereocenters. The lowest BCUT2D eigenvalue weighted by Crippen LogP contribution is -2.12. The number of phenolic OH excluding ortho intramolecular Hbond substituents is 1. The number of halogens is 3. The van der Waals surface area contributed by atoms with Gasteiger partial charge < -0.3 is 14.2 Å². The van der Waals surface area contributed by atoms with Gasteiger partial charge in [0, 0.05) is 69.4 Å². The van der Waals surface area contributed by atoms with Crippen molar-refractivity contribution in [2.24, 2.45) is 0 Å². The summed E-state index contributed by atoms with van der Waals surface area (Å²) in [6.45, 7) is 1.16. The van der Waals surface area contributed by atoms with Crippen molar-refractivity contribution in [3.05, 3.63) is 155 Å². The van der Waals surface area contributed by atoms with Crippen LogP contribution in [0, 0.1) is 7.14 Å². The minimum Gasteiger partial charge on any atom is -0.507 e. The van der Waals surface area contributed by atoms with E-state index < -0.39 is 0 Å². The summed E-state index contributed by atoms with van der Waals surface area (Å²) in [6.07, 6.45) is 1.99. The second kappa shape index (κ2) is 12.2. The standard InChI is InChI=1S/C37H25BrI2N2O2/c38-25-11-16-34(43)30(17-25)35-29-19-27(40)13-15-33(29)42(21-24-9-5-2-6-10-24)36(35)37(44)31-22-41(20-23-7-3-1-4-8-23)32-14-12-26(39)18-28(31)32/h1-19,22,43H,20-21H2. The maximum Gasteiger partial charge on any atom is 0.212 e. The van der Waals surface area contributed by atoms with Crippen LogP contribution >= 0.6 is 61.1 Å². The molecule has 7 aromatic rings. The summed E-state index contributed by atoms with van der Waals surface area (Å²) in [7, 11) is 0. The normalized spacial score (nSPS) is 11.4. The summed E-state index contributed by atoms with van der Waals surface area (Å²) in [4.78, 5) is 15.2. The predicted octanol–water partition coefficient (Wildman–Crippen LogP) is 10.3. The highest BCUT2D eigenvalue weighted by Crippen LogP contribution is 2.43. The summed E-state index contributed by atoms with van der Waals surface area (Å²) in [5.41, 5.74) is 6.72. The van der Waals surface area contributed by atoms with Crippen LogP contribution in [0.5, 0.6) is 5.75 Å². The number of nitrogens with zero attached hydrogens (tertiary/aromatic N) is 2. The molecule has 0 aliphatic heterocycles. The highest BCUT2D eigenvalue weighted by atomic mass is 127. The second-order valence-corrected chi connectivity index (χ2v) is 14.2.